The molecule has 0 aliphatic carbocycles. The van der Waals surface area contributed by atoms with Gasteiger partial charge in [0.25, 0.3) is 0 Å². The van der Waals surface area contributed by atoms with Gasteiger partial charge in [0.2, 0.25) is 5.88 Å². The lowest BCUT2D eigenvalue weighted by Crippen LogP contribution is -2.13. The molecule has 0 bridgehead atoms. The van der Waals surface area contributed by atoms with Crippen LogP contribution in [-0.4, -0.2) is 30.4 Å². The van der Waals surface area contributed by atoms with Gasteiger partial charge in [0.1, 0.15) is 0 Å². The van der Waals surface area contributed by atoms with E-state index in [0.29, 0.717) is 5.56 Å². The number of rotatable bonds is 3. The highest BCUT2D eigenvalue weighted by molar-refractivity contribution is 6.29. The van der Waals surface area contributed by atoms with E-state index in [9.17, 15) is 4.79 Å². The topological polar surface area (TPSA) is 61.3 Å². The van der Waals surface area contributed by atoms with Crippen molar-refractivity contribution in [2.45, 2.75) is 12.8 Å². The van der Waals surface area contributed by atoms with Crippen LogP contribution in [0.2, 0.25) is 5.15 Å². The van der Waals surface area contributed by atoms with Crippen LogP contribution in [0, 0.1) is 0 Å². The molecule has 5 nitrogen and oxygen atoms in total. The highest BCUT2D eigenvalue weighted by atomic mass is 35.5. The number of nitrogens with zero attached hydrogens (tertiary/aromatic N) is 2. The second-order valence-electron chi connectivity index (χ2n) is 2.88. The van der Waals surface area contributed by atoms with Crippen LogP contribution in [0.15, 0.2) is 6.07 Å². The summed E-state index contributed by atoms with van der Waals surface area (Å²) in [6.45, 7) is 1.68. The van der Waals surface area contributed by atoms with E-state index in [4.69, 9.17) is 16.3 Å². The molecule has 0 amide bonds. The Balaban J connectivity index is 3.10. The number of ether oxygens (including phenoxy) is 2. The molecule has 1 aromatic rings. The fourth-order valence-electron chi connectivity index (χ4n) is 1.14. The molecule has 0 spiro atoms. The van der Waals surface area contributed by atoms with E-state index in [1.54, 1.807) is 6.92 Å². The molecule has 1 atom stereocenters. The van der Waals surface area contributed by atoms with Gasteiger partial charge < -0.3 is 9.47 Å². The summed E-state index contributed by atoms with van der Waals surface area (Å²) in [5, 5.41) is 7.55. The SMILES string of the molecule is COC(=O)C(C)c1cc(Cl)nnc1OC. The molecule has 0 radical (unpaired) electrons. The Morgan fingerprint density at radius 3 is 2.67 bits per heavy atom. The Morgan fingerprint density at radius 2 is 2.13 bits per heavy atom. The number of hydrogen-bond donors (Lipinski definition) is 0. The molecule has 0 aliphatic rings. The molecular formula is C9H11ClN2O3. The van der Waals surface area contributed by atoms with Crippen molar-refractivity contribution in [3.63, 3.8) is 0 Å². The number of halogens is 1. The van der Waals surface area contributed by atoms with Crippen LogP contribution in [0.3, 0.4) is 0 Å². The number of esters is 1. The molecule has 0 saturated carbocycles. The van der Waals surface area contributed by atoms with Crippen molar-refractivity contribution in [2.75, 3.05) is 14.2 Å². The van der Waals surface area contributed by atoms with Gasteiger partial charge in [-0.15, -0.1) is 10.2 Å². The van der Waals surface area contributed by atoms with Crippen molar-refractivity contribution in [2.24, 2.45) is 0 Å². The zero-order valence-electron chi connectivity index (χ0n) is 8.65. The Kier molecular flexibility index (Phi) is 3.85. The van der Waals surface area contributed by atoms with Gasteiger partial charge in [-0.05, 0) is 13.0 Å². The summed E-state index contributed by atoms with van der Waals surface area (Å²) in [7, 11) is 2.77. The van der Waals surface area contributed by atoms with E-state index < -0.39 is 5.92 Å². The minimum Gasteiger partial charge on any atom is -0.480 e. The normalized spacial score (nSPS) is 12.0. The van der Waals surface area contributed by atoms with Gasteiger partial charge in [-0.1, -0.05) is 11.6 Å². The second-order valence-corrected chi connectivity index (χ2v) is 3.26. The first kappa shape index (κ1) is 11.7. The predicted molar refractivity (Wildman–Crippen MR) is 54.0 cm³/mol. The van der Waals surface area contributed by atoms with Crippen molar-refractivity contribution < 1.29 is 14.3 Å². The highest BCUT2D eigenvalue weighted by Crippen LogP contribution is 2.26. The standard InChI is InChI=1S/C9H11ClN2O3/c1-5(9(13)15-3)6-4-7(10)11-12-8(6)14-2/h4-5H,1-3H3. The van der Waals surface area contributed by atoms with E-state index in [2.05, 4.69) is 14.9 Å². The number of carbonyl (C=O) groups is 1. The van der Waals surface area contributed by atoms with Gasteiger partial charge in [-0.25, -0.2) is 0 Å². The van der Waals surface area contributed by atoms with Crippen LogP contribution >= 0.6 is 11.6 Å². The Morgan fingerprint density at radius 1 is 1.47 bits per heavy atom. The number of hydrogen-bond acceptors (Lipinski definition) is 5. The predicted octanol–water partition coefficient (Wildman–Crippen LogP) is 1.42. The van der Waals surface area contributed by atoms with E-state index >= 15 is 0 Å². The fraction of sp³-hybridized carbons (Fsp3) is 0.444. The molecular weight excluding hydrogens is 220 g/mol. The molecule has 0 N–H and O–H groups in total. The minimum atomic E-state index is -0.488. The summed E-state index contributed by atoms with van der Waals surface area (Å²) >= 11 is 5.68. The van der Waals surface area contributed by atoms with Crippen LogP contribution in [-0.2, 0) is 9.53 Å². The van der Waals surface area contributed by atoms with Crippen LogP contribution in [0.1, 0.15) is 18.4 Å². The average Bonchev–Trinajstić information content (AvgIpc) is 2.27. The van der Waals surface area contributed by atoms with Crippen molar-refractivity contribution in [1.29, 1.82) is 0 Å². The first-order valence-corrected chi connectivity index (χ1v) is 4.63. The summed E-state index contributed by atoms with van der Waals surface area (Å²) in [6, 6.07) is 1.54. The minimum absolute atomic E-state index is 0.210. The quantitative estimate of drug-likeness (QED) is 0.735. The van der Waals surface area contributed by atoms with Gasteiger partial charge in [0, 0.05) is 5.56 Å². The summed E-state index contributed by atoms with van der Waals surface area (Å²) in [5.41, 5.74) is 0.560. The average molecular weight is 231 g/mol. The van der Waals surface area contributed by atoms with Gasteiger partial charge in [0.15, 0.2) is 5.15 Å². The summed E-state index contributed by atoms with van der Waals surface area (Å²) in [6.07, 6.45) is 0. The molecule has 0 saturated heterocycles. The van der Waals surface area contributed by atoms with E-state index in [0.717, 1.165) is 0 Å². The third-order valence-electron chi connectivity index (χ3n) is 1.97. The zero-order chi connectivity index (χ0) is 11.4. The van der Waals surface area contributed by atoms with Crippen LogP contribution in [0.25, 0.3) is 0 Å². The molecule has 82 valence electrons. The molecule has 1 heterocycles. The summed E-state index contributed by atoms with van der Waals surface area (Å²) < 4.78 is 9.60. The number of methoxy groups -OCH3 is 2. The largest absolute Gasteiger partial charge is 0.480 e. The third-order valence-corrected chi connectivity index (χ3v) is 2.16. The van der Waals surface area contributed by atoms with Crippen molar-refractivity contribution >= 4 is 17.6 Å². The molecule has 0 aromatic carbocycles. The maximum absolute atomic E-state index is 11.3. The van der Waals surface area contributed by atoms with Gasteiger partial charge in [-0.3, -0.25) is 4.79 Å². The molecule has 15 heavy (non-hydrogen) atoms. The second kappa shape index (κ2) is 4.93. The van der Waals surface area contributed by atoms with E-state index in [1.165, 1.54) is 20.3 Å². The highest BCUT2D eigenvalue weighted by Gasteiger charge is 2.21. The molecule has 0 fully saturated rings. The first-order chi connectivity index (χ1) is 7.10. The van der Waals surface area contributed by atoms with E-state index in [-0.39, 0.29) is 17.0 Å². The molecule has 1 rings (SSSR count). The molecule has 1 aromatic heterocycles. The van der Waals surface area contributed by atoms with Crippen molar-refractivity contribution in [3.8, 4) is 5.88 Å². The lowest BCUT2D eigenvalue weighted by atomic mass is 10.0. The Labute approximate surface area is 92.4 Å². The summed E-state index contributed by atoms with van der Waals surface area (Å²) in [4.78, 5) is 11.3. The smallest absolute Gasteiger partial charge is 0.313 e. The number of aromatic nitrogens is 2. The third kappa shape index (κ3) is 2.56. The maximum atomic E-state index is 11.3. The van der Waals surface area contributed by atoms with Crippen molar-refractivity contribution in [3.05, 3.63) is 16.8 Å². The summed E-state index contributed by atoms with van der Waals surface area (Å²) in [5.74, 6) is -0.590. The Hall–Kier alpha value is -1.36. The van der Waals surface area contributed by atoms with Crippen molar-refractivity contribution in [1.82, 2.24) is 10.2 Å². The monoisotopic (exact) mass is 230 g/mol. The van der Waals surface area contributed by atoms with Crippen LogP contribution < -0.4 is 4.74 Å². The zero-order valence-corrected chi connectivity index (χ0v) is 9.41. The van der Waals surface area contributed by atoms with Crippen LogP contribution in [0.4, 0.5) is 0 Å². The lowest BCUT2D eigenvalue weighted by Gasteiger charge is -2.11. The fourth-order valence-corrected chi connectivity index (χ4v) is 1.30. The van der Waals surface area contributed by atoms with E-state index in [1.807, 2.05) is 0 Å². The molecule has 1 unspecified atom stereocenters. The van der Waals surface area contributed by atoms with Gasteiger partial charge in [-0.2, -0.15) is 0 Å². The van der Waals surface area contributed by atoms with Gasteiger partial charge >= 0.3 is 5.97 Å². The van der Waals surface area contributed by atoms with Gasteiger partial charge in [0.05, 0.1) is 20.1 Å². The number of carbonyl (C=O) groups excluding carboxylic acids is 1. The lowest BCUT2D eigenvalue weighted by molar-refractivity contribution is -0.142. The maximum Gasteiger partial charge on any atom is 0.313 e. The Bertz CT molecular complexity index is 370. The first-order valence-electron chi connectivity index (χ1n) is 4.25. The van der Waals surface area contributed by atoms with Crippen LogP contribution in [0.5, 0.6) is 5.88 Å². The molecule has 0 aliphatic heterocycles. The molecule has 6 heteroatoms.